The van der Waals surface area contributed by atoms with Crippen LogP contribution in [-0.2, 0) is 0 Å². The number of aryl methyl sites for hydroxylation is 1. The average Bonchev–Trinajstić information content (AvgIpc) is 3.52. The maximum atomic E-state index is 13.9. The maximum Gasteiger partial charge on any atom is 0.182 e. The van der Waals surface area contributed by atoms with Crippen LogP contribution in [0.25, 0.3) is 10.9 Å². The molecule has 1 fully saturated rings. The Bertz CT molecular complexity index is 1220. The lowest BCUT2D eigenvalue weighted by Gasteiger charge is -2.20. The van der Waals surface area contributed by atoms with E-state index in [2.05, 4.69) is 23.4 Å². The quantitative estimate of drug-likeness (QED) is 0.270. The molecule has 0 saturated heterocycles. The highest BCUT2D eigenvalue weighted by Gasteiger charge is 2.30. The van der Waals surface area contributed by atoms with Crippen molar-refractivity contribution in [3.8, 4) is 0 Å². The van der Waals surface area contributed by atoms with E-state index in [1.165, 1.54) is 31.4 Å². The molecule has 2 aromatic carbocycles. The van der Waals surface area contributed by atoms with E-state index in [1.807, 2.05) is 60.8 Å². The monoisotopic (exact) mass is 429 g/mol. The van der Waals surface area contributed by atoms with Gasteiger partial charge in [0, 0.05) is 34.4 Å². The first-order valence-corrected chi connectivity index (χ1v) is 11.9. The minimum atomic E-state index is -0.346. The highest BCUT2D eigenvalue weighted by Crippen LogP contribution is 2.42. The molecule has 0 bridgehead atoms. The molecule has 1 aliphatic carbocycles. The topological polar surface area (TPSA) is 50.7 Å². The number of ketones is 1. The molecule has 0 spiro atoms. The van der Waals surface area contributed by atoms with Gasteiger partial charge in [0.1, 0.15) is 5.25 Å². The van der Waals surface area contributed by atoms with Crippen molar-refractivity contribution in [2.45, 2.75) is 56.0 Å². The van der Waals surface area contributed by atoms with Crippen molar-refractivity contribution >= 4 is 28.4 Å². The van der Waals surface area contributed by atoms with E-state index in [0.717, 1.165) is 32.9 Å². The van der Waals surface area contributed by atoms with Crippen molar-refractivity contribution in [2.75, 3.05) is 0 Å². The zero-order valence-electron chi connectivity index (χ0n) is 18.0. The number of H-pyrrole nitrogens is 1. The van der Waals surface area contributed by atoms with Crippen molar-refractivity contribution in [3.63, 3.8) is 0 Å². The van der Waals surface area contributed by atoms with Crippen LogP contribution in [0.3, 0.4) is 0 Å². The molecule has 1 N–H and O–H groups in total. The van der Waals surface area contributed by atoms with Crippen molar-refractivity contribution in [1.82, 2.24) is 14.5 Å². The van der Waals surface area contributed by atoms with Gasteiger partial charge in [-0.15, -0.1) is 0 Å². The Morgan fingerprint density at radius 1 is 1.06 bits per heavy atom. The van der Waals surface area contributed by atoms with Gasteiger partial charge in [0.15, 0.2) is 10.9 Å². The summed E-state index contributed by atoms with van der Waals surface area (Å²) < 4.78 is 2.39. The first-order chi connectivity index (χ1) is 15.1. The van der Waals surface area contributed by atoms with E-state index >= 15 is 0 Å². The van der Waals surface area contributed by atoms with Gasteiger partial charge in [-0.2, -0.15) is 0 Å². The van der Waals surface area contributed by atoms with Gasteiger partial charge in [-0.05, 0) is 38.3 Å². The number of thioether (sulfide) groups is 1. The van der Waals surface area contributed by atoms with Crippen molar-refractivity contribution < 1.29 is 4.79 Å². The largest absolute Gasteiger partial charge is 0.360 e. The maximum absolute atomic E-state index is 13.9. The molecule has 1 aliphatic rings. The van der Waals surface area contributed by atoms with Gasteiger partial charge in [0.05, 0.1) is 5.69 Å². The first kappa shape index (κ1) is 20.1. The molecule has 2 heterocycles. The Morgan fingerprint density at radius 3 is 2.55 bits per heavy atom. The Morgan fingerprint density at radius 2 is 1.77 bits per heavy atom. The van der Waals surface area contributed by atoms with Crippen LogP contribution in [0.4, 0.5) is 0 Å². The molecule has 1 atom stereocenters. The van der Waals surface area contributed by atoms with Crippen LogP contribution in [-0.4, -0.2) is 20.3 Å². The Labute approximate surface area is 187 Å². The minimum Gasteiger partial charge on any atom is -0.360 e. The number of hydrogen-bond acceptors (Lipinski definition) is 3. The summed E-state index contributed by atoms with van der Waals surface area (Å²) in [5.74, 6) is 0.116. The fraction of sp³-hybridized carbons (Fsp3) is 0.308. The molecule has 158 valence electrons. The fourth-order valence-corrected chi connectivity index (χ4v) is 6.02. The number of nitrogens with zero attached hydrogens (tertiary/aromatic N) is 2. The smallest absolute Gasteiger partial charge is 0.182 e. The SMILES string of the molecule is Cc1nc(S[C@H](C(=O)c2c[nH]c3ccccc23)c2ccccc2)n(C2CCCC2)c1C. The molecule has 5 rings (SSSR count). The highest BCUT2D eigenvalue weighted by atomic mass is 32.2. The van der Waals surface area contributed by atoms with Crippen molar-refractivity contribution in [3.05, 3.63) is 83.3 Å². The van der Waals surface area contributed by atoms with E-state index < -0.39 is 0 Å². The van der Waals surface area contributed by atoms with Crippen LogP contribution in [0.5, 0.6) is 0 Å². The molecule has 0 amide bonds. The van der Waals surface area contributed by atoms with Gasteiger partial charge in [0.25, 0.3) is 0 Å². The van der Waals surface area contributed by atoms with Crippen molar-refractivity contribution in [1.29, 1.82) is 0 Å². The van der Waals surface area contributed by atoms with Crippen molar-refractivity contribution in [2.24, 2.45) is 0 Å². The third-order valence-electron chi connectivity index (χ3n) is 6.46. The molecular weight excluding hydrogens is 402 g/mol. The Kier molecular flexibility index (Phi) is 5.45. The standard InChI is InChI=1S/C26H27N3OS/c1-17-18(2)29(20-12-6-7-13-20)26(28-17)31-25(19-10-4-3-5-11-19)24(30)22-16-27-23-15-9-8-14-21(22)23/h3-5,8-11,14-16,20,25,27H,6-7,12-13H2,1-2H3/t25-/m0/s1. The highest BCUT2D eigenvalue weighted by molar-refractivity contribution is 8.00. The number of hydrogen-bond donors (Lipinski definition) is 1. The van der Waals surface area contributed by atoms with E-state index in [1.54, 1.807) is 11.8 Å². The second-order valence-electron chi connectivity index (χ2n) is 8.39. The third-order valence-corrected chi connectivity index (χ3v) is 7.68. The first-order valence-electron chi connectivity index (χ1n) is 11.0. The van der Waals surface area contributed by atoms with Crippen LogP contribution in [0, 0.1) is 13.8 Å². The summed E-state index contributed by atoms with van der Waals surface area (Å²) in [6, 6.07) is 18.6. The summed E-state index contributed by atoms with van der Waals surface area (Å²) >= 11 is 1.59. The van der Waals surface area contributed by atoms with Gasteiger partial charge in [0.2, 0.25) is 0 Å². The summed E-state index contributed by atoms with van der Waals surface area (Å²) in [5, 5.41) is 1.59. The number of carbonyl (C=O) groups is 1. The summed E-state index contributed by atoms with van der Waals surface area (Å²) in [6.07, 6.45) is 6.76. The van der Waals surface area contributed by atoms with Crippen LogP contribution in [0.1, 0.15) is 64.3 Å². The molecule has 0 aliphatic heterocycles. The molecule has 2 aromatic heterocycles. The van der Waals surface area contributed by atoms with E-state index in [0.29, 0.717) is 6.04 Å². The third kappa shape index (κ3) is 3.72. The Balaban J connectivity index is 1.57. The van der Waals surface area contributed by atoms with Crippen LogP contribution in [0.2, 0.25) is 0 Å². The molecular formula is C26H27N3OS. The average molecular weight is 430 g/mol. The number of imidazole rings is 1. The molecule has 4 aromatic rings. The summed E-state index contributed by atoms with van der Waals surface area (Å²) in [4.78, 5) is 22.0. The number of fused-ring (bicyclic) bond motifs is 1. The van der Waals surface area contributed by atoms with Gasteiger partial charge in [-0.1, -0.05) is 73.1 Å². The number of rotatable bonds is 6. The number of para-hydroxylation sites is 1. The van der Waals surface area contributed by atoms with E-state index in [9.17, 15) is 4.79 Å². The van der Waals surface area contributed by atoms with Crippen LogP contribution in [0.15, 0.2) is 66.0 Å². The van der Waals surface area contributed by atoms with Gasteiger partial charge >= 0.3 is 0 Å². The number of aromatic nitrogens is 3. The predicted molar refractivity (Wildman–Crippen MR) is 127 cm³/mol. The normalized spacial score (nSPS) is 15.5. The second kappa shape index (κ2) is 8.39. The lowest BCUT2D eigenvalue weighted by atomic mass is 10.0. The zero-order chi connectivity index (χ0) is 21.4. The number of Topliss-reactive ketones (excluding diaryl/α,β-unsaturated/α-hetero) is 1. The number of nitrogens with one attached hydrogen (secondary N) is 1. The summed E-state index contributed by atoms with van der Waals surface area (Å²) in [5.41, 5.74) is 5.02. The van der Waals surface area contributed by atoms with Crippen LogP contribution < -0.4 is 0 Å². The molecule has 1 saturated carbocycles. The lowest BCUT2D eigenvalue weighted by Crippen LogP contribution is -2.13. The number of aromatic amines is 1. The second-order valence-corrected chi connectivity index (χ2v) is 9.47. The molecule has 5 heteroatoms. The summed E-state index contributed by atoms with van der Waals surface area (Å²) in [7, 11) is 0. The van der Waals surface area contributed by atoms with E-state index in [4.69, 9.17) is 4.98 Å². The molecule has 0 radical (unpaired) electrons. The van der Waals surface area contributed by atoms with E-state index in [-0.39, 0.29) is 11.0 Å². The number of benzene rings is 2. The molecule has 31 heavy (non-hydrogen) atoms. The zero-order valence-corrected chi connectivity index (χ0v) is 18.8. The lowest BCUT2D eigenvalue weighted by molar-refractivity contribution is 0.0991. The molecule has 4 nitrogen and oxygen atoms in total. The summed E-state index contributed by atoms with van der Waals surface area (Å²) in [6.45, 7) is 4.23. The number of carbonyl (C=O) groups excluding carboxylic acids is 1. The van der Waals surface area contributed by atoms with Gasteiger partial charge < -0.3 is 9.55 Å². The molecule has 0 unspecified atom stereocenters. The van der Waals surface area contributed by atoms with Gasteiger partial charge in [-0.25, -0.2) is 4.98 Å². The van der Waals surface area contributed by atoms with Crippen LogP contribution >= 0.6 is 11.8 Å². The van der Waals surface area contributed by atoms with Gasteiger partial charge in [-0.3, -0.25) is 4.79 Å². The minimum absolute atomic E-state index is 0.116. The fourth-order valence-electron chi connectivity index (χ4n) is 4.69. The Hall–Kier alpha value is -2.79. The predicted octanol–water partition coefficient (Wildman–Crippen LogP) is 6.81.